The number of aryl methyl sites for hydroxylation is 1. The van der Waals surface area contributed by atoms with Crippen molar-refractivity contribution in [1.82, 2.24) is 25.1 Å². The highest BCUT2D eigenvalue weighted by molar-refractivity contribution is 7.80. The molecule has 0 fully saturated rings. The van der Waals surface area contributed by atoms with Crippen LogP contribution >= 0.6 is 23.6 Å². The van der Waals surface area contributed by atoms with E-state index in [4.69, 9.17) is 12.2 Å². The Kier molecular flexibility index (Phi) is 4.80. The molecule has 4 rings (SSSR count). The number of benzene rings is 2. The van der Waals surface area contributed by atoms with Crippen LogP contribution in [0.4, 0.5) is 10.1 Å². The molecule has 1 amide bonds. The molecule has 0 radical (unpaired) electrons. The Morgan fingerprint density at radius 2 is 2.00 bits per heavy atom. The average Bonchev–Trinajstić information content (AvgIpc) is 3.24. The molecular weight excluding hydrogens is 399 g/mol. The molecule has 2 aromatic heterocycles. The Hall–Kier alpha value is -3.24. The van der Waals surface area contributed by atoms with E-state index in [9.17, 15) is 9.18 Å². The maximum absolute atomic E-state index is 13.7. The summed E-state index contributed by atoms with van der Waals surface area (Å²) in [5.74, 6) is -0.511. The van der Waals surface area contributed by atoms with Gasteiger partial charge in [0.05, 0.1) is 5.56 Å². The number of carbonyl (C=O) groups is 1. The van der Waals surface area contributed by atoms with Crippen molar-refractivity contribution < 1.29 is 9.18 Å². The molecule has 10 heteroatoms. The van der Waals surface area contributed by atoms with Crippen LogP contribution in [0.5, 0.6) is 0 Å². The fourth-order valence-electron chi connectivity index (χ4n) is 2.54. The number of amides is 1. The number of nitrogens with zero attached hydrogens (tertiary/aromatic N) is 4. The highest BCUT2D eigenvalue weighted by atomic mass is 32.1. The summed E-state index contributed by atoms with van der Waals surface area (Å²) >= 11 is 6.58. The highest BCUT2D eigenvalue weighted by Gasteiger charge is 2.13. The molecule has 140 valence electrons. The fraction of sp³-hybridized carbons (Fsp3) is 0.0556. The van der Waals surface area contributed by atoms with Crippen molar-refractivity contribution in [3.8, 4) is 10.6 Å². The van der Waals surface area contributed by atoms with Crippen LogP contribution in [0, 0.1) is 12.7 Å². The molecule has 0 bridgehead atoms. The van der Waals surface area contributed by atoms with E-state index in [2.05, 4.69) is 25.9 Å². The molecule has 2 N–H and O–H groups in total. The third-order valence-corrected chi connectivity index (χ3v) is 5.01. The van der Waals surface area contributed by atoms with E-state index in [0.717, 1.165) is 10.6 Å². The predicted molar refractivity (Wildman–Crippen MR) is 109 cm³/mol. The molecule has 0 unspecified atom stereocenters. The first-order valence-corrected chi connectivity index (χ1v) is 9.40. The van der Waals surface area contributed by atoms with E-state index in [1.165, 1.54) is 29.5 Å². The van der Waals surface area contributed by atoms with Crippen molar-refractivity contribution in [2.75, 3.05) is 5.32 Å². The SMILES string of the molecule is Cc1nnc2sc(-c3cccc(NC(=S)NC(=O)c4ccccc4F)c3)nn12. The van der Waals surface area contributed by atoms with Gasteiger partial charge >= 0.3 is 0 Å². The maximum atomic E-state index is 13.7. The van der Waals surface area contributed by atoms with Crippen molar-refractivity contribution in [3.05, 3.63) is 65.7 Å². The van der Waals surface area contributed by atoms with E-state index >= 15 is 0 Å². The Balaban J connectivity index is 1.49. The van der Waals surface area contributed by atoms with Crippen LogP contribution < -0.4 is 10.6 Å². The fourth-order valence-corrected chi connectivity index (χ4v) is 3.63. The largest absolute Gasteiger partial charge is 0.332 e. The summed E-state index contributed by atoms with van der Waals surface area (Å²) in [5, 5.41) is 18.8. The topological polar surface area (TPSA) is 84.2 Å². The van der Waals surface area contributed by atoms with E-state index in [1.54, 1.807) is 16.6 Å². The van der Waals surface area contributed by atoms with Crippen molar-refractivity contribution in [3.63, 3.8) is 0 Å². The number of anilines is 1. The summed E-state index contributed by atoms with van der Waals surface area (Å²) < 4.78 is 15.4. The van der Waals surface area contributed by atoms with Crippen molar-refractivity contribution in [2.24, 2.45) is 0 Å². The van der Waals surface area contributed by atoms with Gasteiger partial charge in [-0.3, -0.25) is 10.1 Å². The lowest BCUT2D eigenvalue weighted by Gasteiger charge is -2.10. The van der Waals surface area contributed by atoms with E-state index in [0.29, 0.717) is 16.5 Å². The Labute approximate surface area is 168 Å². The monoisotopic (exact) mass is 412 g/mol. The number of aromatic nitrogens is 4. The van der Waals surface area contributed by atoms with E-state index in [-0.39, 0.29) is 10.7 Å². The average molecular weight is 412 g/mol. The number of nitrogens with one attached hydrogen (secondary N) is 2. The van der Waals surface area contributed by atoms with Gasteiger partial charge in [-0.05, 0) is 43.4 Å². The van der Waals surface area contributed by atoms with Gasteiger partial charge < -0.3 is 5.32 Å². The molecular formula is C18H13FN6OS2. The summed E-state index contributed by atoms with van der Waals surface area (Å²) in [6, 6.07) is 13.1. The minimum absolute atomic E-state index is 0.0689. The zero-order chi connectivity index (χ0) is 19.7. The molecule has 0 saturated carbocycles. The van der Waals surface area contributed by atoms with Gasteiger partial charge in [0.2, 0.25) is 4.96 Å². The van der Waals surface area contributed by atoms with Gasteiger partial charge in [-0.25, -0.2) is 4.39 Å². The minimum atomic E-state index is -0.615. The zero-order valence-electron chi connectivity index (χ0n) is 14.5. The smallest absolute Gasteiger partial charge is 0.260 e. The third-order valence-electron chi connectivity index (χ3n) is 3.86. The number of hydrogen-bond acceptors (Lipinski definition) is 6. The Bertz CT molecular complexity index is 1200. The van der Waals surface area contributed by atoms with Gasteiger partial charge in [0.1, 0.15) is 10.8 Å². The molecule has 0 saturated heterocycles. The first kappa shape index (κ1) is 18.1. The van der Waals surface area contributed by atoms with Crippen LogP contribution in [0.25, 0.3) is 15.5 Å². The van der Waals surface area contributed by atoms with Crippen LogP contribution in [0.15, 0.2) is 48.5 Å². The highest BCUT2D eigenvalue weighted by Crippen LogP contribution is 2.27. The second kappa shape index (κ2) is 7.41. The molecule has 28 heavy (non-hydrogen) atoms. The van der Waals surface area contributed by atoms with Gasteiger partial charge in [-0.1, -0.05) is 35.6 Å². The van der Waals surface area contributed by atoms with Crippen LogP contribution in [-0.4, -0.2) is 30.8 Å². The number of fused-ring (bicyclic) bond motifs is 1. The standard InChI is InChI=1S/C18H13FN6OS2/c1-10-22-23-18-25(10)24-16(28-18)11-5-4-6-12(9-11)20-17(27)21-15(26)13-7-2-3-8-14(13)19/h2-9H,1H3,(H2,20,21,26,27). The number of rotatable bonds is 3. The van der Waals surface area contributed by atoms with Gasteiger partial charge in [-0.2, -0.15) is 9.61 Å². The summed E-state index contributed by atoms with van der Waals surface area (Å²) in [5.41, 5.74) is 1.46. The van der Waals surface area contributed by atoms with Gasteiger partial charge in [0.15, 0.2) is 10.9 Å². The van der Waals surface area contributed by atoms with Crippen molar-refractivity contribution in [2.45, 2.75) is 6.92 Å². The molecule has 0 aliphatic carbocycles. The van der Waals surface area contributed by atoms with Crippen LogP contribution in [0.1, 0.15) is 16.2 Å². The summed E-state index contributed by atoms with van der Waals surface area (Å²) in [6.45, 7) is 1.83. The third kappa shape index (κ3) is 3.59. The molecule has 7 nitrogen and oxygen atoms in total. The van der Waals surface area contributed by atoms with E-state index in [1.807, 2.05) is 25.1 Å². The van der Waals surface area contributed by atoms with E-state index < -0.39 is 11.7 Å². The molecule has 4 aromatic rings. The lowest BCUT2D eigenvalue weighted by Crippen LogP contribution is -2.34. The number of halogens is 1. The van der Waals surface area contributed by atoms with Gasteiger partial charge in [0, 0.05) is 11.3 Å². The number of thiocarbonyl (C=S) groups is 1. The normalized spacial score (nSPS) is 10.8. The lowest BCUT2D eigenvalue weighted by atomic mass is 10.2. The number of hydrogen-bond donors (Lipinski definition) is 2. The molecule has 2 aromatic carbocycles. The van der Waals surface area contributed by atoms with Crippen molar-refractivity contribution >= 4 is 45.2 Å². The van der Waals surface area contributed by atoms with Crippen LogP contribution in [0.2, 0.25) is 0 Å². The lowest BCUT2D eigenvalue weighted by molar-refractivity contribution is 0.0974. The molecule has 2 heterocycles. The Morgan fingerprint density at radius 3 is 2.79 bits per heavy atom. The quantitative estimate of drug-likeness (QED) is 0.502. The summed E-state index contributed by atoms with van der Waals surface area (Å²) in [6.07, 6.45) is 0. The molecule has 0 atom stereocenters. The Morgan fingerprint density at radius 1 is 1.18 bits per heavy atom. The summed E-state index contributed by atoms with van der Waals surface area (Å²) in [7, 11) is 0. The number of carbonyl (C=O) groups excluding carboxylic acids is 1. The second-order valence-corrected chi connectivity index (χ2v) is 7.18. The van der Waals surface area contributed by atoms with Gasteiger partial charge in [-0.15, -0.1) is 10.2 Å². The van der Waals surface area contributed by atoms with Crippen molar-refractivity contribution in [1.29, 1.82) is 0 Å². The molecule has 0 aliphatic heterocycles. The van der Waals surface area contributed by atoms with Crippen LogP contribution in [0.3, 0.4) is 0 Å². The summed E-state index contributed by atoms with van der Waals surface area (Å²) in [4.78, 5) is 12.9. The zero-order valence-corrected chi connectivity index (χ0v) is 16.1. The predicted octanol–water partition coefficient (Wildman–Crippen LogP) is 3.43. The first-order chi connectivity index (χ1) is 13.5. The van der Waals surface area contributed by atoms with Crippen LogP contribution in [-0.2, 0) is 0 Å². The maximum Gasteiger partial charge on any atom is 0.260 e. The minimum Gasteiger partial charge on any atom is -0.332 e. The molecule has 0 spiro atoms. The second-order valence-electron chi connectivity index (χ2n) is 5.82. The van der Waals surface area contributed by atoms with Gasteiger partial charge in [0.25, 0.3) is 5.91 Å². The first-order valence-electron chi connectivity index (χ1n) is 8.17. The molecule has 0 aliphatic rings.